The Hall–Kier alpha value is -2.57. The van der Waals surface area contributed by atoms with E-state index >= 15 is 0 Å². The van der Waals surface area contributed by atoms with E-state index in [-0.39, 0.29) is 0 Å². The molecule has 0 bridgehead atoms. The molecule has 0 radical (unpaired) electrons. The van der Waals surface area contributed by atoms with Gasteiger partial charge in [0, 0.05) is 35.5 Å². The van der Waals surface area contributed by atoms with Crippen LogP contribution in [0, 0.1) is 6.92 Å². The van der Waals surface area contributed by atoms with Gasteiger partial charge in [0.1, 0.15) is 0 Å². The second-order valence-corrected chi connectivity index (χ2v) is 7.36. The van der Waals surface area contributed by atoms with Crippen molar-refractivity contribution in [2.24, 2.45) is 0 Å². The Balaban J connectivity index is 1.68. The van der Waals surface area contributed by atoms with Gasteiger partial charge in [-0.25, -0.2) is 0 Å². The van der Waals surface area contributed by atoms with E-state index in [0.717, 1.165) is 33.2 Å². The van der Waals surface area contributed by atoms with Crippen molar-refractivity contribution in [3.05, 3.63) is 65.9 Å². The number of hydrogen-bond acceptors (Lipinski definition) is 4. The zero-order chi connectivity index (χ0) is 18.6. The number of hydrogen-bond donors (Lipinski definition) is 1. The number of fused-ring (bicyclic) bond motifs is 1. The smallest absolute Gasteiger partial charge is 0.191 e. The molecular formula is C21H22N4OS. The second-order valence-electron chi connectivity index (χ2n) is 6.41. The molecule has 0 fully saturated rings. The summed E-state index contributed by atoms with van der Waals surface area (Å²) in [5, 5.41) is 11.1. The quantitative estimate of drug-likeness (QED) is 0.475. The molecule has 1 N–H and O–H groups in total. The van der Waals surface area contributed by atoms with Crippen LogP contribution in [-0.2, 0) is 17.0 Å². The fourth-order valence-corrected chi connectivity index (χ4v) is 4.19. The molecule has 4 rings (SSSR count). The molecule has 2 aromatic carbocycles. The van der Waals surface area contributed by atoms with E-state index < -0.39 is 0 Å². The molecule has 0 aliphatic rings. The third-order valence-electron chi connectivity index (χ3n) is 4.68. The number of rotatable bonds is 7. The van der Waals surface area contributed by atoms with Crippen LogP contribution in [0.4, 0.5) is 0 Å². The van der Waals surface area contributed by atoms with Crippen LogP contribution in [0.1, 0.15) is 11.1 Å². The normalized spacial score (nSPS) is 11.3. The van der Waals surface area contributed by atoms with Crippen molar-refractivity contribution in [2.45, 2.75) is 24.4 Å². The summed E-state index contributed by atoms with van der Waals surface area (Å²) in [6.45, 7) is 3.47. The van der Waals surface area contributed by atoms with Crippen LogP contribution in [0.5, 0.6) is 0 Å². The fourth-order valence-electron chi connectivity index (χ4n) is 3.15. The van der Waals surface area contributed by atoms with Gasteiger partial charge in [0.15, 0.2) is 11.0 Å². The predicted octanol–water partition coefficient (Wildman–Crippen LogP) is 4.67. The zero-order valence-electron chi connectivity index (χ0n) is 15.5. The minimum Gasteiger partial charge on any atom is -0.383 e. The number of ether oxygens (including phenoxy) is 1. The van der Waals surface area contributed by atoms with Crippen LogP contribution in [0.3, 0.4) is 0 Å². The summed E-state index contributed by atoms with van der Waals surface area (Å²) in [7, 11) is 1.72. The van der Waals surface area contributed by atoms with Gasteiger partial charge in [-0.2, -0.15) is 0 Å². The summed E-state index contributed by atoms with van der Waals surface area (Å²) >= 11 is 1.71. The van der Waals surface area contributed by atoms with Gasteiger partial charge in [-0.3, -0.25) is 4.57 Å². The summed E-state index contributed by atoms with van der Waals surface area (Å²) < 4.78 is 7.47. The number of aromatic amines is 1. The maximum absolute atomic E-state index is 5.32. The van der Waals surface area contributed by atoms with Gasteiger partial charge in [-0.15, -0.1) is 10.2 Å². The average molecular weight is 379 g/mol. The van der Waals surface area contributed by atoms with Crippen molar-refractivity contribution in [3.8, 4) is 11.4 Å². The van der Waals surface area contributed by atoms with Crippen LogP contribution in [0.15, 0.2) is 59.9 Å². The molecule has 4 aromatic rings. The molecule has 5 nitrogen and oxygen atoms in total. The Morgan fingerprint density at radius 1 is 1.07 bits per heavy atom. The predicted molar refractivity (Wildman–Crippen MR) is 110 cm³/mol. The van der Waals surface area contributed by atoms with E-state index in [9.17, 15) is 0 Å². The summed E-state index contributed by atoms with van der Waals surface area (Å²) in [5.74, 6) is 1.74. The number of nitrogens with zero attached hydrogens (tertiary/aromatic N) is 3. The number of aryl methyl sites for hydroxylation is 1. The Morgan fingerprint density at radius 2 is 1.89 bits per heavy atom. The first-order valence-corrected chi connectivity index (χ1v) is 9.92. The average Bonchev–Trinajstić information content (AvgIpc) is 3.29. The third-order valence-corrected chi connectivity index (χ3v) is 5.70. The second kappa shape index (κ2) is 7.98. The Kier molecular flexibility index (Phi) is 5.27. The molecule has 0 saturated carbocycles. The van der Waals surface area contributed by atoms with Gasteiger partial charge < -0.3 is 9.72 Å². The van der Waals surface area contributed by atoms with Crippen molar-refractivity contribution in [3.63, 3.8) is 0 Å². The highest BCUT2D eigenvalue weighted by molar-refractivity contribution is 7.98. The monoisotopic (exact) mass is 378 g/mol. The molecule has 0 amide bonds. The third kappa shape index (κ3) is 3.63. The molecular weight excluding hydrogens is 356 g/mol. The van der Waals surface area contributed by atoms with E-state index in [1.165, 1.54) is 11.1 Å². The maximum Gasteiger partial charge on any atom is 0.191 e. The van der Waals surface area contributed by atoms with Crippen molar-refractivity contribution < 1.29 is 4.74 Å². The SMILES string of the molecule is COCCn1c(SCc2ccccc2C)nnc1-c1c[nH]c2ccccc12. The van der Waals surface area contributed by atoms with E-state index in [1.54, 1.807) is 18.9 Å². The van der Waals surface area contributed by atoms with E-state index in [2.05, 4.69) is 63.1 Å². The van der Waals surface area contributed by atoms with E-state index in [4.69, 9.17) is 4.74 Å². The summed E-state index contributed by atoms with van der Waals surface area (Å²) in [4.78, 5) is 3.33. The van der Waals surface area contributed by atoms with Crippen LogP contribution in [0.2, 0.25) is 0 Å². The van der Waals surface area contributed by atoms with Crippen molar-refractivity contribution >= 4 is 22.7 Å². The molecule has 6 heteroatoms. The van der Waals surface area contributed by atoms with Gasteiger partial charge >= 0.3 is 0 Å². The first kappa shape index (κ1) is 17.8. The van der Waals surface area contributed by atoms with E-state index in [1.807, 2.05) is 18.3 Å². The highest BCUT2D eigenvalue weighted by Gasteiger charge is 2.17. The maximum atomic E-state index is 5.32. The highest BCUT2D eigenvalue weighted by atomic mass is 32.2. The largest absolute Gasteiger partial charge is 0.383 e. The van der Waals surface area contributed by atoms with Gasteiger partial charge in [0.05, 0.1) is 13.2 Å². The molecule has 0 unspecified atom stereocenters. The Bertz CT molecular complexity index is 1050. The number of aromatic nitrogens is 4. The standard InChI is InChI=1S/C21H22N4OS/c1-15-7-3-4-8-16(15)14-27-21-24-23-20(25(21)11-12-26-2)18-13-22-19-10-6-5-9-17(18)19/h3-10,13,22H,11-12,14H2,1-2H3. The number of benzene rings is 2. The minimum atomic E-state index is 0.616. The molecule has 2 heterocycles. The minimum absolute atomic E-state index is 0.616. The molecule has 2 aromatic heterocycles. The topological polar surface area (TPSA) is 55.7 Å². The summed E-state index contributed by atoms with van der Waals surface area (Å²) in [5.41, 5.74) is 4.78. The molecule has 0 spiro atoms. The first-order chi connectivity index (χ1) is 13.3. The van der Waals surface area contributed by atoms with E-state index in [0.29, 0.717) is 13.2 Å². The number of nitrogens with one attached hydrogen (secondary N) is 1. The van der Waals surface area contributed by atoms with Crippen molar-refractivity contribution in [1.29, 1.82) is 0 Å². The van der Waals surface area contributed by atoms with Gasteiger partial charge in [-0.1, -0.05) is 54.2 Å². The van der Waals surface area contributed by atoms with Crippen LogP contribution in [0.25, 0.3) is 22.3 Å². The summed E-state index contributed by atoms with van der Waals surface area (Å²) in [6, 6.07) is 16.7. The first-order valence-electron chi connectivity index (χ1n) is 8.94. The number of thioether (sulfide) groups is 1. The van der Waals surface area contributed by atoms with Crippen molar-refractivity contribution in [2.75, 3.05) is 13.7 Å². The lowest BCUT2D eigenvalue weighted by molar-refractivity contribution is 0.185. The molecule has 0 aliphatic carbocycles. The zero-order valence-corrected chi connectivity index (χ0v) is 16.3. The Labute approximate surface area is 162 Å². The van der Waals surface area contributed by atoms with Crippen LogP contribution in [-0.4, -0.2) is 33.5 Å². The molecule has 0 aliphatic heterocycles. The highest BCUT2D eigenvalue weighted by Crippen LogP contribution is 2.31. The molecule has 0 atom stereocenters. The molecule has 27 heavy (non-hydrogen) atoms. The lowest BCUT2D eigenvalue weighted by Crippen LogP contribution is -2.07. The molecule has 0 saturated heterocycles. The van der Waals surface area contributed by atoms with Crippen molar-refractivity contribution in [1.82, 2.24) is 19.7 Å². The molecule has 138 valence electrons. The van der Waals surface area contributed by atoms with Gasteiger partial charge in [-0.05, 0) is 24.1 Å². The number of para-hydroxylation sites is 1. The van der Waals surface area contributed by atoms with Gasteiger partial charge in [0.25, 0.3) is 0 Å². The van der Waals surface area contributed by atoms with Crippen LogP contribution >= 0.6 is 11.8 Å². The fraction of sp³-hybridized carbons (Fsp3) is 0.238. The lowest BCUT2D eigenvalue weighted by atomic mass is 10.1. The van der Waals surface area contributed by atoms with Crippen LogP contribution < -0.4 is 0 Å². The lowest BCUT2D eigenvalue weighted by Gasteiger charge is -2.10. The van der Waals surface area contributed by atoms with Gasteiger partial charge in [0.2, 0.25) is 0 Å². The number of methoxy groups -OCH3 is 1. The summed E-state index contributed by atoms with van der Waals surface area (Å²) in [6.07, 6.45) is 2.01. The Morgan fingerprint density at radius 3 is 2.74 bits per heavy atom. The number of H-pyrrole nitrogens is 1.